The molecule has 0 bridgehead atoms. The molecule has 2 aliphatic rings. The van der Waals surface area contributed by atoms with Gasteiger partial charge >= 0.3 is 6.09 Å². The van der Waals surface area contributed by atoms with E-state index in [1.54, 1.807) is 0 Å². The van der Waals surface area contributed by atoms with Gasteiger partial charge in [-0.3, -0.25) is 10.1 Å². The van der Waals surface area contributed by atoms with Crippen LogP contribution in [-0.4, -0.2) is 48.7 Å². The third-order valence-corrected chi connectivity index (χ3v) is 7.95. The summed E-state index contributed by atoms with van der Waals surface area (Å²) in [5, 5.41) is 9.65. The number of amides is 2. The van der Waals surface area contributed by atoms with Gasteiger partial charge in [-0.2, -0.15) is 0 Å². The van der Waals surface area contributed by atoms with Crippen molar-refractivity contribution in [2.45, 2.75) is 63.6 Å². The molecule has 0 aromatic heterocycles. The molecule has 3 aromatic rings. The van der Waals surface area contributed by atoms with E-state index in [0.29, 0.717) is 19.0 Å². The monoisotopic (exact) mass is 540 g/mol. The lowest BCUT2D eigenvalue weighted by Crippen LogP contribution is -2.40. The summed E-state index contributed by atoms with van der Waals surface area (Å²) < 4.78 is 5.74. The van der Waals surface area contributed by atoms with E-state index in [1.807, 2.05) is 67.6 Å². The summed E-state index contributed by atoms with van der Waals surface area (Å²) in [7, 11) is 0. The maximum atomic E-state index is 12.7. The molecule has 7 heteroatoms. The third kappa shape index (κ3) is 7.63. The van der Waals surface area contributed by atoms with Crippen LogP contribution in [0.15, 0.2) is 78.9 Å². The molecule has 2 amide bonds. The summed E-state index contributed by atoms with van der Waals surface area (Å²) in [6.45, 7) is 4.34. The molecule has 210 valence electrons. The fourth-order valence-corrected chi connectivity index (χ4v) is 5.35. The fraction of sp³-hybridized carbons (Fsp3) is 0.394. The number of ether oxygens (including phenoxy) is 1. The van der Waals surface area contributed by atoms with Crippen molar-refractivity contribution in [1.29, 1.82) is 0 Å². The molecule has 5 rings (SSSR count). The van der Waals surface area contributed by atoms with Crippen LogP contribution in [-0.2, 0) is 9.53 Å². The van der Waals surface area contributed by atoms with Crippen LogP contribution in [0.4, 0.5) is 16.2 Å². The standard InChI is InChI=1S/C33H40N4O3/c1-24(26-11-7-14-28(23-26)35-27-12-8-13-27)34-32(38)19-22-37-20-17-29(18-21-37)40-33(39)36-31-16-6-5-15-30(31)25-9-3-2-4-10-25/h2-7,9-11,14-16,23-24,27,29,35H,8,12-13,17-22H2,1H3,(H,34,38)(H,36,39). The summed E-state index contributed by atoms with van der Waals surface area (Å²) in [5.41, 5.74) is 4.97. The highest BCUT2D eigenvalue weighted by molar-refractivity contribution is 5.91. The van der Waals surface area contributed by atoms with Gasteiger partial charge in [-0.15, -0.1) is 0 Å². The zero-order valence-corrected chi connectivity index (χ0v) is 23.3. The van der Waals surface area contributed by atoms with E-state index in [2.05, 4.69) is 39.0 Å². The molecule has 2 fully saturated rings. The minimum absolute atomic E-state index is 0.0414. The number of benzene rings is 3. The maximum Gasteiger partial charge on any atom is 0.411 e. The topological polar surface area (TPSA) is 82.7 Å². The molecule has 1 heterocycles. The Balaban J connectivity index is 1.02. The Kier molecular flexibility index (Phi) is 9.34. The smallest absolute Gasteiger partial charge is 0.411 e. The summed E-state index contributed by atoms with van der Waals surface area (Å²) in [5.74, 6) is 0.0553. The van der Waals surface area contributed by atoms with Gasteiger partial charge < -0.3 is 20.3 Å². The van der Waals surface area contributed by atoms with Gasteiger partial charge in [0.25, 0.3) is 0 Å². The van der Waals surface area contributed by atoms with Gasteiger partial charge in [-0.25, -0.2) is 4.79 Å². The van der Waals surface area contributed by atoms with Crippen LogP contribution >= 0.6 is 0 Å². The van der Waals surface area contributed by atoms with Crippen molar-refractivity contribution >= 4 is 23.4 Å². The van der Waals surface area contributed by atoms with Crippen LogP contribution in [0.3, 0.4) is 0 Å². The van der Waals surface area contributed by atoms with Gasteiger partial charge in [0.2, 0.25) is 5.91 Å². The van der Waals surface area contributed by atoms with Crippen LogP contribution in [0.1, 0.15) is 57.1 Å². The summed E-state index contributed by atoms with van der Waals surface area (Å²) in [6.07, 6.45) is 5.17. The molecule has 1 aliphatic carbocycles. The number of anilines is 2. The fourth-order valence-electron chi connectivity index (χ4n) is 5.35. The normalized spacial score (nSPS) is 16.9. The molecule has 0 spiro atoms. The first-order valence-electron chi connectivity index (χ1n) is 14.5. The molecular formula is C33H40N4O3. The second kappa shape index (κ2) is 13.5. The quantitative estimate of drug-likeness (QED) is 0.270. The zero-order chi connectivity index (χ0) is 27.7. The summed E-state index contributed by atoms with van der Waals surface area (Å²) in [6, 6.07) is 26.6. The number of carbonyl (C=O) groups is 2. The van der Waals surface area contributed by atoms with Crippen LogP contribution < -0.4 is 16.0 Å². The molecule has 1 unspecified atom stereocenters. The highest BCUT2D eigenvalue weighted by Crippen LogP contribution is 2.28. The second-order valence-corrected chi connectivity index (χ2v) is 10.9. The first-order chi connectivity index (χ1) is 19.5. The van der Waals surface area contributed by atoms with E-state index in [1.165, 1.54) is 19.3 Å². The van der Waals surface area contributed by atoms with E-state index in [9.17, 15) is 9.59 Å². The Morgan fingerprint density at radius 3 is 2.42 bits per heavy atom. The predicted molar refractivity (Wildman–Crippen MR) is 160 cm³/mol. The number of hydrogen-bond acceptors (Lipinski definition) is 5. The lowest BCUT2D eigenvalue weighted by Gasteiger charge is -2.31. The molecule has 1 atom stereocenters. The minimum Gasteiger partial charge on any atom is -0.446 e. The third-order valence-electron chi connectivity index (χ3n) is 7.95. The zero-order valence-electron chi connectivity index (χ0n) is 23.3. The Labute approximate surface area is 237 Å². The lowest BCUT2D eigenvalue weighted by molar-refractivity contribution is -0.122. The van der Waals surface area contributed by atoms with Crippen LogP contribution in [0, 0.1) is 0 Å². The van der Waals surface area contributed by atoms with Crippen molar-refractivity contribution in [2.75, 3.05) is 30.3 Å². The second-order valence-electron chi connectivity index (χ2n) is 10.9. The van der Waals surface area contributed by atoms with Crippen molar-refractivity contribution in [2.24, 2.45) is 0 Å². The van der Waals surface area contributed by atoms with Crippen LogP contribution in [0.25, 0.3) is 11.1 Å². The van der Waals surface area contributed by atoms with Gasteiger partial charge in [-0.1, -0.05) is 60.7 Å². The highest BCUT2D eigenvalue weighted by Gasteiger charge is 2.23. The molecule has 0 radical (unpaired) electrons. The van der Waals surface area contributed by atoms with E-state index >= 15 is 0 Å². The molecule has 7 nitrogen and oxygen atoms in total. The average molecular weight is 541 g/mol. The number of nitrogens with one attached hydrogen (secondary N) is 3. The number of likely N-dealkylation sites (tertiary alicyclic amines) is 1. The SMILES string of the molecule is CC(NC(=O)CCN1CCC(OC(=O)Nc2ccccc2-c2ccccc2)CC1)c1cccc(NC2CCC2)c1. The first kappa shape index (κ1) is 27.7. The molecule has 40 heavy (non-hydrogen) atoms. The van der Waals surface area contributed by atoms with Gasteiger partial charge in [0, 0.05) is 43.3 Å². The van der Waals surface area contributed by atoms with Crippen molar-refractivity contribution < 1.29 is 14.3 Å². The van der Waals surface area contributed by atoms with E-state index in [4.69, 9.17) is 4.74 Å². The Morgan fingerprint density at radius 1 is 0.925 bits per heavy atom. The first-order valence-corrected chi connectivity index (χ1v) is 14.5. The molecule has 3 N–H and O–H groups in total. The van der Waals surface area contributed by atoms with Crippen LogP contribution in [0.5, 0.6) is 0 Å². The van der Waals surface area contributed by atoms with Gasteiger partial charge in [0.15, 0.2) is 0 Å². The van der Waals surface area contributed by atoms with E-state index in [0.717, 1.165) is 54.0 Å². The van der Waals surface area contributed by atoms with Gasteiger partial charge in [0.1, 0.15) is 6.10 Å². The number of rotatable bonds is 10. The molecule has 1 saturated heterocycles. The Bertz CT molecular complexity index is 1270. The number of para-hydroxylation sites is 1. The van der Waals surface area contributed by atoms with Crippen molar-refractivity contribution in [1.82, 2.24) is 10.2 Å². The van der Waals surface area contributed by atoms with Crippen molar-refractivity contribution in [3.05, 3.63) is 84.4 Å². The van der Waals surface area contributed by atoms with Crippen LogP contribution in [0.2, 0.25) is 0 Å². The number of carbonyl (C=O) groups excluding carboxylic acids is 2. The summed E-state index contributed by atoms with van der Waals surface area (Å²) >= 11 is 0. The number of nitrogens with zero attached hydrogens (tertiary/aromatic N) is 1. The molecule has 1 saturated carbocycles. The highest BCUT2D eigenvalue weighted by atomic mass is 16.6. The number of piperidine rings is 1. The maximum absolute atomic E-state index is 12.7. The molecular weight excluding hydrogens is 500 g/mol. The Hall–Kier alpha value is -3.84. The van der Waals surface area contributed by atoms with E-state index in [-0.39, 0.29) is 18.1 Å². The van der Waals surface area contributed by atoms with Gasteiger partial charge in [0.05, 0.1) is 11.7 Å². The molecule has 1 aliphatic heterocycles. The predicted octanol–water partition coefficient (Wildman–Crippen LogP) is 6.60. The Morgan fingerprint density at radius 2 is 1.68 bits per heavy atom. The minimum atomic E-state index is -0.429. The number of hydrogen-bond donors (Lipinski definition) is 3. The average Bonchev–Trinajstić information content (AvgIpc) is 2.95. The van der Waals surface area contributed by atoms with Crippen molar-refractivity contribution in [3.8, 4) is 11.1 Å². The van der Waals surface area contributed by atoms with Gasteiger partial charge in [-0.05, 0) is 68.4 Å². The van der Waals surface area contributed by atoms with E-state index < -0.39 is 6.09 Å². The summed E-state index contributed by atoms with van der Waals surface area (Å²) in [4.78, 5) is 27.6. The lowest BCUT2D eigenvalue weighted by atomic mass is 9.93. The van der Waals surface area contributed by atoms with Crippen molar-refractivity contribution in [3.63, 3.8) is 0 Å². The molecule has 3 aromatic carbocycles. The largest absolute Gasteiger partial charge is 0.446 e.